The van der Waals surface area contributed by atoms with Gasteiger partial charge in [-0.2, -0.15) is 0 Å². The molecule has 0 fully saturated rings. The molecule has 0 bridgehead atoms. The zero-order chi connectivity index (χ0) is 41.6. The van der Waals surface area contributed by atoms with E-state index in [4.69, 9.17) is 0 Å². The highest BCUT2D eigenvalue weighted by Crippen LogP contribution is 2.53. The van der Waals surface area contributed by atoms with E-state index < -0.39 is 0 Å². The highest BCUT2D eigenvalue weighted by molar-refractivity contribution is 6.03. The van der Waals surface area contributed by atoms with Gasteiger partial charge in [-0.25, -0.2) is 0 Å². The SMILES string of the molecule is CC1(C)c2ccccc2-c2ccc(-c3ccccc3N(c3ccc(-c4cccc5ccccc45)cc3)c3cccc(-c4ccccc4)c3-c3ccccc3-c3ccccc3)cc21. The minimum Gasteiger partial charge on any atom is -0.309 e. The monoisotopic (exact) mass is 791 g/mol. The molecule has 1 aliphatic rings. The number of rotatable bonds is 8. The van der Waals surface area contributed by atoms with E-state index in [9.17, 15) is 0 Å². The van der Waals surface area contributed by atoms with Crippen LogP contribution in [0.2, 0.25) is 0 Å². The van der Waals surface area contributed by atoms with Crippen LogP contribution >= 0.6 is 0 Å². The van der Waals surface area contributed by atoms with Crippen LogP contribution in [0.15, 0.2) is 237 Å². The van der Waals surface area contributed by atoms with Crippen molar-refractivity contribution < 1.29 is 0 Å². The zero-order valence-electron chi connectivity index (χ0n) is 35.0. The molecule has 11 rings (SSSR count). The predicted molar refractivity (Wildman–Crippen MR) is 263 cm³/mol. The van der Waals surface area contributed by atoms with Crippen LogP contribution in [0, 0.1) is 0 Å². The van der Waals surface area contributed by atoms with Crippen LogP contribution in [0.3, 0.4) is 0 Å². The fourth-order valence-corrected chi connectivity index (χ4v) is 9.90. The van der Waals surface area contributed by atoms with Crippen LogP contribution in [0.25, 0.3) is 77.5 Å². The van der Waals surface area contributed by atoms with Crippen molar-refractivity contribution in [3.8, 4) is 66.8 Å². The molecule has 0 aromatic heterocycles. The summed E-state index contributed by atoms with van der Waals surface area (Å²) in [4.78, 5) is 2.50. The largest absolute Gasteiger partial charge is 0.309 e. The molecule has 62 heavy (non-hydrogen) atoms. The number of benzene rings is 10. The molecule has 0 N–H and O–H groups in total. The maximum absolute atomic E-state index is 2.50. The fraction of sp³-hybridized carbons (Fsp3) is 0.0492. The molecule has 0 saturated heterocycles. The third kappa shape index (κ3) is 6.33. The van der Waals surface area contributed by atoms with E-state index in [-0.39, 0.29) is 5.41 Å². The number of fused-ring (bicyclic) bond motifs is 4. The van der Waals surface area contributed by atoms with Crippen LogP contribution in [0.5, 0.6) is 0 Å². The number of anilines is 3. The van der Waals surface area contributed by atoms with Gasteiger partial charge in [-0.3, -0.25) is 0 Å². The molecule has 0 amide bonds. The predicted octanol–water partition coefficient (Wildman–Crippen LogP) is 17.0. The Morgan fingerprint density at radius 1 is 0.306 bits per heavy atom. The molecule has 0 unspecified atom stereocenters. The van der Waals surface area contributed by atoms with E-state index in [2.05, 4.69) is 255 Å². The summed E-state index contributed by atoms with van der Waals surface area (Å²) >= 11 is 0. The summed E-state index contributed by atoms with van der Waals surface area (Å²) in [5.74, 6) is 0. The standard InChI is InChI=1S/C61H45N/c1-61(2)56-32-15-13-28-53(56)54-40-37-46(41-57(54)61)51-27-14-16-33-58(51)62(47-38-35-45(36-39-47)49-30-17-24-43-23-9-10-25-48(43)49)59-34-18-31-52(44-21-7-4-8-22-44)60(59)55-29-12-11-26-50(55)42-19-5-3-6-20-42/h3-41H,1-2H3. The molecule has 10 aromatic carbocycles. The highest BCUT2D eigenvalue weighted by atomic mass is 15.1. The zero-order valence-corrected chi connectivity index (χ0v) is 35.0. The first-order valence-electron chi connectivity index (χ1n) is 21.6. The first-order chi connectivity index (χ1) is 30.5. The minimum absolute atomic E-state index is 0.119. The van der Waals surface area contributed by atoms with Crippen LogP contribution in [0.4, 0.5) is 17.1 Å². The molecule has 1 nitrogen and oxygen atoms in total. The topological polar surface area (TPSA) is 3.24 Å². The van der Waals surface area contributed by atoms with Gasteiger partial charge in [0.2, 0.25) is 0 Å². The average Bonchev–Trinajstić information content (AvgIpc) is 3.57. The quantitative estimate of drug-likeness (QED) is 0.148. The Morgan fingerprint density at radius 3 is 1.58 bits per heavy atom. The average molecular weight is 792 g/mol. The van der Waals surface area contributed by atoms with Gasteiger partial charge >= 0.3 is 0 Å². The van der Waals surface area contributed by atoms with E-state index in [0.717, 1.165) is 17.1 Å². The Hall–Kier alpha value is -7.74. The van der Waals surface area contributed by atoms with Gasteiger partial charge in [-0.15, -0.1) is 0 Å². The second-order valence-electron chi connectivity index (χ2n) is 16.8. The summed E-state index contributed by atoms with van der Waals surface area (Å²) in [6, 6.07) is 86.7. The van der Waals surface area contributed by atoms with Crippen molar-refractivity contribution in [2.75, 3.05) is 4.90 Å². The van der Waals surface area contributed by atoms with Gasteiger partial charge in [0.1, 0.15) is 0 Å². The molecular formula is C61H45N. The molecule has 0 saturated carbocycles. The van der Waals surface area contributed by atoms with Crippen molar-refractivity contribution in [3.05, 3.63) is 248 Å². The third-order valence-corrected chi connectivity index (χ3v) is 12.9. The molecule has 294 valence electrons. The second-order valence-corrected chi connectivity index (χ2v) is 16.8. The summed E-state index contributed by atoms with van der Waals surface area (Å²) in [7, 11) is 0. The fourth-order valence-electron chi connectivity index (χ4n) is 9.90. The normalized spacial score (nSPS) is 12.5. The van der Waals surface area contributed by atoms with Gasteiger partial charge in [0, 0.05) is 22.2 Å². The lowest BCUT2D eigenvalue weighted by Gasteiger charge is -2.32. The molecule has 0 aliphatic heterocycles. The highest BCUT2D eigenvalue weighted by Gasteiger charge is 2.35. The Morgan fingerprint density at radius 2 is 0.806 bits per heavy atom. The van der Waals surface area contributed by atoms with E-state index in [1.54, 1.807) is 0 Å². The third-order valence-electron chi connectivity index (χ3n) is 12.9. The molecular weight excluding hydrogens is 747 g/mol. The molecule has 0 spiro atoms. The summed E-state index contributed by atoms with van der Waals surface area (Å²) in [6.07, 6.45) is 0. The number of hydrogen-bond donors (Lipinski definition) is 0. The second kappa shape index (κ2) is 15.4. The summed E-state index contributed by atoms with van der Waals surface area (Å²) in [5.41, 5.74) is 20.5. The number of hydrogen-bond acceptors (Lipinski definition) is 1. The van der Waals surface area contributed by atoms with E-state index >= 15 is 0 Å². The lowest BCUT2D eigenvalue weighted by atomic mass is 9.81. The van der Waals surface area contributed by atoms with Gasteiger partial charge in [-0.05, 0) is 108 Å². The molecule has 0 atom stereocenters. The molecule has 0 heterocycles. The van der Waals surface area contributed by atoms with Crippen molar-refractivity contribution in [2.24, 2.45) is 0 Å². The number of nitrogens with zero attached hydrogens (tertiary/aromatic N) is 1. The lowest BCUT2D eigenvalue weighted by molar-refractivity contribution is 0.660. The smallest absolute Gasteiger partial charge is 0.0546 e. The minimum atomic E-state index is -0.119. The Balaban J connectivity index is 1.17. The molecule has 10 aromatic rings. The van der Waals surface area contributed by atoms with Gasteiger partial charge in [0.05, 0.1) is 11.4 Å². The first-order valence-corrected chi connectivity index (χ1v) is 21.6. The van der Waals surface area contributed by atoms with Crippen LogP contribution in [-0.4, -0.2) is 0 Å². The van der Waals surface area contributed by atoms with Crippen molar-refractivity contribution in [1.82, 2.24) is 0 Å². The van der Waals surface area contributed by atoms with E-state index in [1.165, 1.54) is 88.7 Å². The maximum atomic E-state index is 2.50. The van der Waals surface area contributed by atoms with Crippen LogP contribution in [0.1, 0.15) is 25.0 Å². The Kier molecular flexibility index (Phi) is 9.24. The lowest BCUT2D eigenvalue weighted by Crippen LogP contribution is -2.15. The van der Waals surface area contributed by atoms with Gasteiger partial charge in [-0.1, -0.05) is 220 Å². The molecule has 1 aliphatic carbocycles. The van der Waals surface area contributed by atoms with Crippen molar-refractivity contribution in [3.63, 3.8) is 0 Å². The van der Waals surface area contributed by atoms with Crippen LogP contribution < -0.4 is 4.90 Å². The van der Waals surface area contributed by atoms with Crippen LogP contribution in [-0.2, 0) is 5.41 Å². The van der Waals surface area contributed by atoms with Crippen molar-refractivity contribution in [1.29, 1.82) is 0 Å². The van der Waals surface area contributed by atoms with Gasteiger partial charge < -0.3 is 4.90 Å². The first kappa shape index (κ1) is 37.3. The maximum Gasteiger partial charge on any atom is 0.0546 e. The Bertz CT molecular complexity index is 3240. The van der Waals surface area contributed by atoms with E-state index in [1.807, 2.05) is 0 Å². The van der Waals surface area contributed by atoms with Crippen molar-refractivity contribution in [2.45, 2.75) is 19.3 Å². The number of para-hydroxylation sites is 1. The summed E-state index contributed by atoms with van der Waals surface area (Å²) < 4.78 is 0. The Labute approximate surface area is 364 Å². The summed E-state index contributed by atoms with van der Waals surface area (Å²) in [6.45, 7) is 4.73. The van der Waals surface area contributed by atoms with E-state index in [0.29, 0.717) is 0 Å². The van der Waals surface area contributed by atoms with Gasteiger partial charge in [0.25, 0.3) is 0 Å². The van der Waals surface area contributed by atoms with Gasteiger partial charge in [0.15, 0.2) is 0 Å². The molecule has 0 radical (unpaired) electrons. The molecule has 1 heteroatoms. The summed E-state index contributed by atoms with van der Waals surface area (Å²) in [5, 5.41) is 2.49. The van der Waals surface area contributed by atoms with Crippen molar-refractivity contribution >= 4 is 27.8 Å².